The molecule has 3 rings (SSSR count). The highest BCUT2D eigenvalue weighted by molar-refractivity contribution is 6.06. The van der Waals surface area contributed by atoms with Crippen LogP contribution in [0.1, 0.15) is 35.7 Å². The van der Waals surface area contributed by atoms with E-state index in [4.69, 9.17) is 4.74 Å². The zero-order valence-electron chi connectivity index (χ0n) is 13.3. The molecule has 23 heavy (non-hydrogen) atoms. The van der Waals surface area contributed by atoms with Gasteiger partial charge in [-0.2, -0.15) is 0 Å². The molecule has 0 aliphatic heterocycles. The van der Waals surface area contributed by atoms with Crippen molar-refractivity contribution < 1.29 is 13.9 Å². The average molecular weight is 311 g/mol. The summed E-state index contributed by atoms with van der Waals surface area (Å²) in [5, 5.41) is 0.840. The predicted molar refractivity (Wildman–Crippen MR) is 89.7 cm³/mol. The zero-order valence-corrected chi connectivity index (χ0v) is 13.3. The second kappa shape index (κ2) is 5.88. The minimum atomic E-state index is -0.375. The quantitative estimate of drug-likeness (QED) is 0.695. The molecule has 0 radical (unpaired) electrons. The molecule has 0 saturated heterocycles. The van der Waals surface area contributed by atoms with Gasteiger partial charge in [-0.25, -0.2) is 4.39 Å². The number of rotatable bonds is 4. The van der Waals surface area contributed by atoms with Crippen molar-refractivity contribution in [1.29, 1.82) is 0 Å². The maximum atomic E-state index is 13.7. The number of para-hydroxylation sites is 1. The Morgan fingerprint density at radius 1 is 1.22 bits per heavy atom. The van der Waals surface area contributed by atoms with E-state index < -0.39 is 0 Å². The number of methoxy groups -OCH3 is 1. The Labute approximate surface area is 134 Å². The third kappa shape index (κ3) is 2.50. The van der Waals surface area contributed by atoms with Crippen LogP contribution in [0.25, 0.3) is 22.2 Å². The van der Waals surface area contributed by atoms with E-state index in [9.17, 15) is 9.18 Å². The molecule has 1 aromatic heterocycles. The van der Waals surface area contributed by atoms with Crippen molar-refractivity contribution >= 4 is 17.2 Å². The lowest BCUT2D eigenvalue weighted by Crippen LogP contribution is -1.92. The van der Waals surface area contributed by atoms with Gasteiger partial charge in [-0.3, -0.25) is 4.79 Å². The first-order valence-electron chi connectivity index (χ1n) is 7.50. The first-order chi connectivity index (χ1) is 11.1. The highest BCUT2D eigenvalue weighted by atomic mass is 19.1. The zero-order chi connectivity index (χ0) is 16.6. The minimum absolute atomic E-state index is 0.305. The van der Waals surface area contributed by atoms with Crippen molar-refractivity contribution in [2.24, 2.45) is 0 Å². The van der Waals surface area contributed by atoms with E-state index in [0.29, 0.717) is 28.5 Å². The highest BCUT2D eigenvalue weighted by Gasteiger charge is 2.19. The summed E-state index contributed by atoms with van der Waals surface area (Å²) in [5.41, 5.74) is 3.67. The number of carbonyl (C=O) groups excluding carboxylic acids is 1. The molecule has 0 atom stereocenters. The van der Waals surface area contributed by atoms with E-state index in [1.54, 1.807) is 6.07 Å². The molecule has 118 valence electrons. The molecule has 1 N–H and O–H groups in total. The van der Waals surface area contributed by atoms with Gasteiger partial charge < -0.3 is 9.72 Å². The number of hydrogen-bond acceptors (Lipinski definition) is 2. The number of fused-ring (bicyclic) bond motifs is 1. The number of aromatic amines is 1. The van der Waals surface area contributed by atoms with Gasteiger partial charge in [0.25, 0.3) is 0 Å². The van der Waals surface area contributed by atoms with E-state index in [1.807, 2.05) is 18.2 Å². The van der Waals surface area contributed by atoms with Crippen molar-refractivity contribution in [2.45, 2.75) is 19.8 Å². The molecule has 4 heteroatoms. The van der Waals surface area contributed by atoms with Crippen LogP contribution >= 0.6 is 0 Å². The molecule has 0 fully saturated rings. The molecule has 0 bridgehead atoms. The molecular weight excluding hydrogens is 293 g/mol. The molecule has 0 amide bonds. The van der Waals surface area contributed by atoms with Gasteiger partial charge in [-0.1, -0.05) is 32.0 Å². The van der Waals surface area contributed by atoms with Crippen molar-refractivity contribution in [2.75, 3.05) is 7.11 Å². The standard InChI is InChI=1S/C19H18FNO2/c1-11(2)13-5-4-6-14-16(10-22)19(21-18(13)14)15-9-12(20)7-8-17(15)23-3/h4-11,21H,1-3H3. The Morgan fingerprint density at radius 2 is 2.00 bits per heavy atom. The Balaban J connectivity index is 2.37. The largest absolute Gasteiger partial charge is 0.496 e. The van der Waals surface area contributed by atoms with E-state index in [2.05, 4.69) is 18.8 Å². The summed E-state index contributed by atoms with van der Waals surface area (Å²) in [5.74, 6) is 0.451. The normalized spacial score (nSPS) is 11.2. The maximum absolute atomic E-state index is 13.7. The molecule has 0 saturated carbocycles. The number of nitrogens with one attached hydrogen (secondary N) is 1. The van der Waals surface area contributed by atoms with Crippen LogP contribution in [0.3, 0.4) is 0 Å². The SMILES string of the molecule is COc1ccc(F)cc1-c1[nH]c2c(C(C)C)cccc2c1C=O. The van der Waals surface area contributed by atoms with E-state index in [1.165, 1.54) is 19.2 Å². The number of aldehydes is 1. The first-order valence-corrected chi connectivity index (χ1v) is 7.50. The van der Waals surface area contributed by atoms with E-state index in [0.717, 1.165) is 22.8 Å². The molecule has 0 spiro atoms. The van der Waals surface area contributed by atoms with Crippen molar-refractivity contribution in [1.82, 2.24) is 4.98 Å². The van der Waals surface area contributed by atoms with Gasteiger partial charge >= 0.3 is 0 Å². The molecule has 3 aromatic rings. The first kappa shape index (κ1) is 15.3. The molecule has 0 aliphatic carbocycles. The van der Waals surface area contributed by atoms with Gasteiger partial charge in [0.15, 0.2) is 6.29 Å². The van der Waals surface area contributed by atoms with E-state index in [-0.39, 0.29) is 5.82 Å². The number of hydrogen-bond donors (Lipinski definition) is 1. The number of halogens is 1. The molecule has 0 aliphatic rings. The maximum Gasteiger partial charge on any atom is 0.152 e. The summed E-state index contributed by atoms with van der Waals surface area (Å²) < 4.78 is 19.0. The minimum Gasteiger partial charge on any atom is -0.496 e. The highest BCUT2D eigenvalue weighted by Crippen LogP contribution is 2.37. The van der Waals surface area contributed by atoms with Gasteiger partial charge in [-0.15, -0.1) is 0 Å². The number of carbonyl (C=O) groups is 1. The second-order valence-electron chi connectivity index (χ2n) is 5.80. The van der Waals surface area contributed by atoms with Crippen molar-refractivity contribution in [3.8, 4) is 17.0 Å². The summed E-state index contributed by atoms with van der Waals surface area (Å²) in [6.07, 6.45) is 0.808. The topological polar surface area (TPSA) is 42.1 Å². The monoisotopic (exact) mass is 311 g/mol. The Hall–Kier alpha value is -2.62. The third-order valence-corrected chi connectivity index (χ3v) is 4.08. The average Bonchev–Trinajstić information content (AvgIpc) is 2.92. The number of benzene rings is 2. The van der Waals surface area contributed by atoms with Crippen molar-refractivity contribution in [3.63, 3.8) is 0 Å². The van der Waals surface area contributed by atoms with Crippen LogP contribution in [0.5, 0.6) is 5.75 Å². The summed E-state index contributed by atoms with van der Waals surface area (Å²) in [6.45, 7) is 4.19. The number of ether oxygens (including phenoxy) is 1. The molecular formula is C19H18FNO2. The number of H-pyrrole nitrogens is 1. The Kier molecular flexibility index (Phi) is 3.90. The van der Waals surface area contributed by atoms with Gasteiger partial charge in [0.1, 0.15) is 11.6 Å². The lowest BCUT2D eigenvalue weighted by atomic mass is 9.99. The molecule has 2 aromatic carbocycles. The van der Waals surface area contributed by atoms with Crippen molar-refractivity contribution in [3.05, 3.63) is 53.3 Å². The Bertz CT molecular complexity index is 880. The smallest absolute Gasteiger partial charge is 0.152 e. The van der Waals surface area contributed by atoms with Gasteiger partial charge in [0.2, 0.25) is 0 Å². The summed E-state index contributed by atoms with van der Waals surface area (Å²) in [7, 11) is 1.53. The van der Waals surface area contributed by atoms with Crippen LogP contribution in [0.2, 0.25) is 0 Å². The second-order valence-corrected chi connectivity index (χ2v) is 5.80. The number of aromatic nitrogens is 1. The van der Waals surface area contributed by atoms with Gasteiger partial charge in [0.05, 0.1) is 18.3 Å². The van der Waals surface area contributed by atoms with E-state index >= 15 is 0 Å². The molecule has 1 heterocycles. The van der Waals surface area contributed by atoms with Gasteiger partial charge in [0, 0.05) is 16.5 Å². The fraction of sp³-hybridized carbons (Fsp3) is 0.211. The van der Waals surface area contributed by atoms with Gasteiger partial charge in [-0.05, 0) is 29.7 Å². The summed E-state index contributed by atoms with van der Waals surface area (Å²) >= 11 is 0. The lowest BCUT2D eigenvalue weighted by Gasteiger charge is -2.08. The molecule has 0 unspecified atom stereocenters. The van der Waals surface area contributed by atoms with Crippen LogP contribution in [0, 0.1) is 5.82 Å². The van der Waals surface area contributed by atoms with Crippen LogP contribution in [0.15, 0.2) is 36.4 Å². The summed E-state index contributed by atoms with van der Waals surface area (Å²) in [4.78, 5) is 15.0. The van der Waals surface area contributed by atoms with Crippen LogP contribution in [-0.2, 0) is 0 Å². The fourth-order valence-corrected chi connectivity index (χ4v) is 2.95. The lowest BCUT2D eigenvalue weighted by molar-refractivity contribution is 0.112. The third-order valence-electron chi connectivity index (χ3n) is 4.08. The van der Waals surface area contributed by atoms with Crippen LogP contribution in [0.4, 0.5) is 4.39 Å². The molecule has 3 nitrogen and oxygen atoms in total. The Morgan fingerprint density at radius 3 is 2.65 bits per heavy atom. The fourth-order valence-electron chi connectivity index (χ4n) is 2.95. The predicted octanol–water partition coefficient (Wildman–Crippen LogP) is 4.92. The summed E-state index contributed by atoms with van der Waals surface area (Å²) in [6, 6.07) is 10.2. The van der Waals surface area contributed by atoms with Crippen LogP contribution in [-0.4, -0.2) is 18.4 Å². The van der Waals surface area contributed by atoms with Crippen LogP contribution < -0.4 is 4.74 Å².